The molecule has 0 heterocycles. The van der Waals surface area contributed by atoms with Gasteiger partial charge in [0, 0.05) is 6.04 Å². The largest absolute Gasteiger partial charge is 0.507 e. The Morgan fingerprint density at radius 3 is 2.12 bits per heavy atom. The van der Waals surface area contributed by atoms with Crippen LogP contribution < -0.4 is 5.32 Å². The van der Waals surface area contributed by atoms with Crippen LogP contribution in [0, 0.1) is 25.2 Å². The van der Waals surface area contributed by atoms with Gasteiger partial charge in [-0.05, 0) is 56.5 Å². The van der Waals surface area contributed by atoms with Gasteiger partial charge in [0.1, 0.15) is 11.8 Å². The molecule has 86 valence electrons. The van der Waals surface area contributed by atoms with E-state index in [0.717, 1.165) is 16.7 Å². The maximum atomic E-state index is 9.66. The first-order chi connectivity index (χ1) is 7.45. The summed E-state index contributed by atoms with van der Waals surface area (Å²) in [6.07, 6.45) is 0. The number of phenols is 1. The molecule has 1 aromatic rings. The quantitative estimate of drug-likeness (QED) is 0.819. The molecular weight excluding hydrogens is 200 g/mol. The molecular formula is C13H18N2O. The van der Waals surface area contributed by atoms with Crippen molar-refractivity contribution in [2.24, 2.45) is 0 Å². The van der Waals surface area contributed by atoms with E-state index in [2.05, 4.69) is 11.4 Å². The molecule has 0 spiro atoms. The van der Waals surface area contributed by atoms with Gasteiger partial charge in [0.05, 0.1) is 6.07 Å². The minimum absolute atomic E-state index is 0.249. The summed E-state index contributed by atoms with van der Waals surface area (Å²) < 4.78 is 0. The zero-order chi connectivity index (χ0) is 12.3. The van der Waals surface area contributed by atoms with Gasteiger partial charge in [-0.15, -0.1) is 0 Å². The van der Waals surface area contributed by atoms with Gasteiger partial charge in [-0.25, -0.2) is 0 Å². The summed E-state index contributed by atoms with van der Waals surface area (Å²) in [5, 5.41) is 21.9. The normalized spacial score (nSPS) is 12.5. The average molecular weight is 218 g/mol. The Balaban J connectivity index is 3.08. The maximum absolute atomic E-state index is 9.66. The molecule has 1 rings (SSSR count). The number of aromatic hydroxyl groups is 1. The SMILES string of the molecule is Cc1cc(C(C#N)NC(C)C)cc(C)c1O. The molecule has 0 bridgehead atoms. The van der Waals surface area contributed by atoms with Gasteiger partial charge >= 0.3 is 0 Å². The van der Waals surface area contributed by atoms with Crippen LogP contribution >= 0.6 is 0 Å². The Labute approximate surface area is 96.7 Å². The van der Waals surface area contributed by atoms with Crippen molar-refractivity contribution in [3.8, 4) is 11.8 Å². The van der Waals surface area contributed by atoms with Crippen molar-refractivity contribution in [3.63, 3.8) is 0 Å². The number of nitrogens with zero attached hydrogens (tertiary/aromatic N) is 1. The van der Waals surface area contributed by atoms with Crippen LogP contribution in [-0.2, 0) is 0 Å². The second-order valence-corrected chi connectivity index (χ2v) is 4.39. The summed E-state index contributed by atoms with van der Waals surface area (Å²) in [6.45, 7) is 7.69. The average Bonchev–Trinajstić information content (AvgIpc) is 2.21. The van der Waals surface area contributed by atoms with E-state index in [1.54, 1.807) is 0 Å². The Morgan fingerprint density at radius 2 is 1.75 bits per heavy atom. The summed E-state index contributed by atoms with van der Waals surface area (Å²) >= 11 is 0. The van der Waals surface area contributed by atoms with Gasteiger partial charge in [0.25, 0.3) is 0 Å². The number of nitriles is 1. The molecule has 16 heavy (non-hydrogen) atoms. The molecule has 0 saturated carbocycles. The summed E-state index contributed by atoms with van der Waals surface area (Å²) in [5.74, 6) is 0.310. The lowest BCUT2D eigenvalue weighted by Gasteiger charge is -2.16. The predicted octanol–water partition coefficient (Wildman–Crippen LogP) is 2.57. The summed E-state index contributed by atoms with van der Waals surface area (Å²) in [7, 11) is 0. The second-order valence-electron chi connectivity index (χ2n) is 4.39. The van der Waals surface area contributed by atoms with Gasteiger partial charge in [-0.3, -0.25) is 5.32 Å². The lowest BCUT2D eigenvalue weighted by molar-refractivity contribution is 0.465. The third-order valence-corrected chi connectivity index (χ3v) is 2.48. The van der Waals surface area contributed by atoms with E-state index in [4.69, 9.17) is 5.26 Å². The van der Waals surface area contributed by atoms with Crippen molar-refractivity contribution in [1.29, 1.82) is 5.26 Å². The Kier molecular flexibility index (Phi) is 3.92. The number of nitrogens with one attached hydrogen (secondary N) is 1. The molecule has 3 heteroatoms. The molecule has 0 aromatic heterocycles. The van der Waals surface area contributed by atoms with Crippen molar-refractivity contribution in [2.75, 3.05) is 0 Å². The highest BCUT2D eigenvalue weighted by molar-refractivity contribution is 5.44. The number of benzene rings is 1. The molecule has 1 atom stereocenters. The van der Waals surface area contributed by atoms with E-state index in [1.165, 1.54) is 0 Å². The number of phenolic OH excluding ortho intramolecular Hbond substituents is 1. The highest BCUT2D eigenvalue weighted by atomic mass is 16.3. The van der Waals surface area contributed by atoms with E-state index in [1.807, 2.05) is 39.8 Å². The highest BCUT2D eigenvalue weighted by Gasteiger charge is 2.13. The zero-order valence-electron chi connectivity index (χ0n) is 10.2. The molecule has 1 unspecified atom stereocenters. The first-order valence-corrected chi connectivity index (χ1v) is 5.41. The summed E-state index contributed by atoms with van der Waals surface area (Å²) in [4.78, 5) is 0. The van der Waals surface area contributed by atoms with Crippen LogP contribution in [0.1, 0.15) is 36.6 Å². The third-order valence-electron chi connectivity index (χ3n) is 2.48. The van der Waals surface area contributed by atoms with E-state index in [9.17, 15) is 5.11 Å². The van der Waals surface area contributed by atoms with Crippen LogP contribution in [0.2, 0.25) is 0 Å². The smallest absolute Gasteiger partial charge is 0.121 e. The topological polar surface area (TPSA) is 56.0 Å². The second kappa shape index (κ2) is 5.00. The Hall–Kier alpha value is -1.53. The van der Waals surface area contributed by atoms with Crippen LogP contribution in [0.25, 0.3) is 0 Å². The Bertz CT molecular complexity index is 395. The molecule has 3 nitrogen and oxygen atoms in total. The standard InChI is InChI=1S/C13H18N2O/c1-8(2)15-12(7-14)11-5-9(3)13(16)10(4)6-11/h5-6,8,12,15-16H,1-4H3. The summed E-state index contributed by atoms with van der Waals surface area (Å²) in [6, 6.07) is 5.86. The molecule has 0 aliphatic rings. The van der Waals surface area contributed by atoms with E-state index in [0.29, 0.717) is 5.75 Å². The third kappa shape index (κ3) is 2.74. The van der Waals surface area contributed by atoms with Gasteiger partial charge in [-0.1, -0.05) is 0 Å². The Morgan fingerprint density at radius 1 is 1.25 bits per heavy atom. The molecule has 0 radical (unpaired) electrons. The van der Waals surface area contributed by atoms with Crippen molar-refractivity contribution >= 4 is 0 Å². The first kappa shape index (κ1) is 12.5. The van der Waals surface area contributed by atoms with Crippen LogP contribution in [0.15, 0.2) is 12.1 Å². The minimum Gasteiger partial charge on any atom is -0.507 e. The van der Waals surface area contributed by atoms with E-state index < -0.39 is 0 Å². The van der Waals surface area contributed by atoms with Crippen LogP contribution in [0.5, 0.6) is 5.75 Å². The van der Waals surface area contributed by atoms with Crippen molar-refractivity contribution < 1.29 is 5.11 Å². The number of hydrogen-bond donors (Lipinski definition) is 2. The van der Waals surface area contributed by atoms with E-state index >= 15 is 0 Å². The first-order valence-electron chi connectivity index (χ1n) is 5.41. The fourth-order valence-electron chi connectivity index (χ4n) is 1.70. The lowest BCUT2D eigenvalue weighted by Crippen LogP contribution is -2.27. The fraction of sp³-hybridized carbons (Fsp3) is 0.462. The molecule has 2 N–H and O–H groups in total. The van der Waals surface area contributed by atoms with Crippen LogP contribution in [0.4, 0.5) is 0 Å². The van der Waals surface area contributed by atoms with Gasteiger partial charge in [0.15, 0.2) is 0 Å². The molecule has 0 aliphatic heterocycles. The molecule has 0 aliphatic carbocycles. The number of rotatable bonds is 3. The fourth-order valence-corrected chi connectivity index (χ4v) is 1.70. The van der Waals surface area contributed by atoms with Gasteiger partial charge < -0.3 is 5.11 Å². The van der Waals surface area contributed by atoms with Gasteiger partial charge in [-0.2, -0.15) is 5.26 Å². The van der Waals surface area contributed by atoms with Crippen LogP contribution in [-0.4, -0.2) is 11.1 Å². The molecule has 0 fully saturated rings. The van der Waals surface area contributed by atoms with Gasteiger partial charge in [0.2, 0.25) is 0 Å². The monoisotopic (exact) mass is 218 g/mol. The summed E-state index contributed by atoms with van der Waals surface area (Å²) in [5.41, 5.74) is 2.52. The van der Waals surface area contributed by atoms with Crippen molar-refractivity contribution in [3.05, 3.63) is 28.8 Å². The number of hydrogen-bond acceptors (Lipinski definition) is 3. The zero-order valence-corrected chi connectivity index (χ0v) is 10.2. The molecule has 0 saturated heterocycles. The van der Waals surface area contributed by atoms with Crippen molar-refractivity contribution in [1.82, 2.24) is 5.32 Å². The van der Waals surface area contributed by atoms with E-state index in [-0.39, 0.29) is 12.1 Å². The predicted molar refractivity (Wildman–Crippen MR) is 64.2 cm³/mol. The van der Waals surface area contributed by atoms with Crippen LogP contribution in [0.3, 0.4) is 0 Å². The maximum Gasteiger partial charge on any atom is 0.121 e. The highest BCUT2D eigenvalue weighted by Crippen LogP contribution is 2.26. The number of aryl methyl sites for hydroxylation is 2. The van der Waals surface area contributed by atoms with Crippen molar-refractivity contribution in [2.45, 2.75) is 39.8 Å². The molecule has 0 amide bonds. The lowest BCUT2D eigenvalue weighted by atomic mass is 10.0. The minimum atomic E-state index is -0.321. The molecule has 1 aromatic carbocycles.